The largest absolute Gasteiger partial charge is 0.462 e. The molecule has 4 aliphatic rings. The van der Waals surface area contributed by atoms with Gasteiger partial charge in [0.1, 0.15) is 18.1 Å². The van der Waals surface area contributed by atoms with E-state index in [9.17, 15) is 19.2 Å². The molecule has 0 saturated heterocycles. The van der Waals surface area contributed by atoms with Crippen LogP contribution in [0.15, 0.2) is 11.6 Å². The summed E-state index contributed by atoms with van der Waals surface area (Å²) in [4.78, 5) is 53.8. The van der Waals surface area contributed by atoms with E-state index < -0.39 is 11.6 Å². The van der Waals surface area contributed by atoms with Crippen LogP contribution in [0.25, 0.3) is 0 Å². The fraction of sp³-hybridized carbons (Fsp3) is 0.870. The lowest BCUT2D eigenvalue weighted by molar-refractivity contribution is -0.155. The topological polar surface area (TPSA) is 117 Å². The zero-order valence-corrected chi connectivity index (χ0v) is 36.7. The van der Waals surface area contributed by atoms with Gasteiger partial charge in [0, 0.05) is 39.1 Å². The second-order valence-corrected chi connectivity index (χ2v) is 19.7. The van der Waals surface area contributed by atoms with Crippen LogP contribution in [0, 0.1) is 40.4 Å². The molecule has 0 radical (unpaired) electrons. The maximum atomic E-state index is 13.5. The van der Waals surface area contributed by atoms with Gasteiger partial charge < -0.3 is 29.9 Å². The summed E-state index contributed by atoms with van der Waals surface area (Å²) in [6, 6.07) is 0. The lowest BCUT2D eigenvalue weighted by atomic mass is 9.47. The van der Waals surface area contributed by atoms with Gasteiger partial charge in [-0.2, -0.15) is 0 Å². The summed E-state index contributed by atoms with van der Waals surface area (Å²) in [7, 11) is 1.89. The van der Waals surface area contributed by atoms with Crippen LogP contribution in [0.1, 0.15) is 158 Å². The predicted molar refractivity (Wildman–Crippen MR) is 224 cm³/mol. The Balaban J connectivity index is 1.27. The molecule has 0 aromatic carbocycles. The molecule has 4 aliphatic carbocycles. The summed E-state index contributed by atoms with van der Waals surface area (Å²) >= 11 is 0. The van der Waals surface area contributed by atoms with E-state index in [0.29, 0.717) is 63.8 Å². The highest BCUT2D eigenvalue weighted by atomic mass is 16.6. The number of rotatable bonds is 22. The first-order chi connectivity index (χ1) is 26.6. The highest BCUT2D eigenvalue weighted by Crippen LogP contribution is 2.66. The van der Waals surface area contributed by atoms with E-state index >= 15 is 0 Å². The van der Waals surface area contributed by atoms with E-state index in [-0.39, 0.29) is 29.9 Å². The summed E-state index contributed by atoms with van der Waals surface area (Å²) in [5.74, 6) is 3.41. The smallest absolute Gasteiger partial charge is 0.410 e. The Morgan fingerprint density at radius 3 is 2.29 bits per heavy atom. The molecule has 7 unspecified atom stereocenters. The van der Waals surface area contributed by atoms with Crippen molar-refractivity contribution in [1.82, 2.24) is 20.4 Å². The van der Waals surface area contributed by atoms with Crippen molar-refractivity contribution >= 4 is 24.4 Å². The van der Waals surface area contributed by atoms with E-state index in [1.165, 1.54) is 63.4 Å². The van der Waals surface area contributed by atoms with Crippen molar-refractivity contribution in [1.29, 1.82) is 0 Å². The number of carbonyl (C=O) groups is 4. The van der Waals surface area contributed by atoms with Gasteiger partial charge in [0.15, 0.2) is 0 Å². The molecule has 10 nitrogen and oxygen atoms in total. The minimum absolute atomic E-state index is 0.167. The number of unbranched alkanes of at least 4 members (excludes halogenated alkanes) is 2. The molecule has 3 amide bonds. The summed E-state index contributed by atoms with van der Waals surface area (Å²) in [5.41, 5.74) is 1.57. The van der Waals surface area contributed by atoms with Crippen molar-refractivity contribution in [2.24, 2.45) is 40.4 Å². The van der Waals surface area contributed by atoms with E-state index in [2.05, 4.69) is 44.4 Å². The fourth-order valence-corrected chi connectivity index (χ4v) is 11.2. The molecule has 2 N–H and O–H groups in total. The molecule has 0 spiro atoms. The highest BCUT2D eigenvalue weighted by molar-refractivity contribution is 5.94. The van der Waals surface area contributed by atoms with Crippen molar-refractivity contribution in [3.63, 3.8) is 0 Å². The molecule has 0 aromatic rings. The van der Waals surface area contributed by atoms with E-state index in [1.54, 1.807) is 9.80 Å². The quantitative estimate of drug-likeness (QED) is 0.0371. The summed E-state index contributed by atoms with van der Waals surface area (Å²) in [5, 5.41) is 5.79. The number of hydrogen-bond donors (Lipinski definition) is 2. The lowest BCUT2D eigenvalue weighted by Gasteiger charge is -2.58. The zero-order chi connectivity index (χ0) is 40.9. The number of amides is 3. The van der Waals surface area contributed by atoms with Gasteiger partial charge in [-0.05, 0) is 152 Å². The van der Waals surface area contributed by atoms with Crippen molar-refractivity contribution in [2.75, 3.05) is 46.3 Å². The van der Waals surface area contributed by atoms with Crippen LogP contribution in [0.4, 0.5) is 4.79 Å². The van der Waals surface area contributed by atoms with E-state index in [1.807, 2.05) is 27.8 Å². The number of nitrogens with one attached hydrogen (secondary N) is 2. The van der Waals surface area contributed by atoms with Gasteiger partial charge >= 0.3 is 12.1 Å². The van der Waals surface area contributed by atoms with Crippen LogP contribution >= 0.6 is 0 Å². The van der Waals surface area contributed by atoms with E-state index in [4.69, 9.17) is 9.47 Å². The normalized spacial score (nSPS) is 28.4. The number of fused-ring (bicyclic) bond motifs is 5. The molecule has 0 aromatic heterocycles. The lowest BCUT2D eigenvalue weighted by Crippen LogP contribution is -2.50. The maximum Gasteiger partial charge on any atom is 0.410 e. The first-order valence-corrected chi connectivity index (χ1v) is 22.6. The van der Waals surface area contributed by atoms with E-state index in [0.717, 1.165) is 61.8 Å². The standard InChI is InChI=1S/C46H80N4O6/c1-34(2)15-9-10-16-35-18-20-39-38-19-17-36-31-37(21-23-46(36,7)40(38)22-24-45(35,39)6)55-42(53)32-41(52)49(29-13-25-47-8)27-11-12-28-50(30-14-26-48-33-51)43(54)56-44(3,4)5/h17,33-35,37-40,47H,9-16,18-32H2,1-8H3,(H,48,51). The first-order valence-electron chi connectivity index (χ1n) is 22.6. The van der Waals surface area contributed by atoms with Gasteiger partial charge in [-0.3, -0.25) is 14.4 Å². The molecule has 320 valence electrons. The Morgan fingerprint density at radius 1 is 0.893 bits per heavy atom. The number of hydrogen-bond acceptors (Lipinski definition) is 7. The van der Waals surface area contributed by atoms with Gasteiger partial charge in [-0.1, -0.05) is 58.6 Å². The zero-order valence-electron chi connectivity index (χ0n) is 36.7. The van der Waals surface area contributed by atoms with Crippen LogP contribution in [0.3, 0.4) is 0 Å². The first kappa shape index (κ1) is 46.1. The molecule has 3 fully saturated rings. The third-order valence-corrected chi connectivity index (χ3v) is 14.2. The van der Waals surface area contributed by atoms with Crippen LogP contribution < -0.4 is 10.6 Å². The van der Waals surface area contributed by atoms with Gasteiger partial charge in [0.25, 0.3) is 0 Å². The molecule has 0 bridgehead atoms. The summed E-state index contributed by atoms with van der Waals surface area (Å²) in [6.45, 7) is 18.6. The number of allylic oxidation sites excluding steroid dienone is 1. The summed E-state index contributed by atoms with van der Waals surface area (Å²) < 4.78 is 11.7. The monoisotopic (exact) mass is 785 g/mol. The maximum absolute atomic E-state index is 13.5. The Hall–Kier alpha value is -2.62. The minimum Gasteiger partial charge on any atom is -0.462 e. The molecular formula is C46H80N4O6. The second-order valence-electron chi connectivity index (χ2n) is 19.7. The Bertz CT molecular complexity index is 1310. The number of esters is 1. The molecule has 3 saturated carbocycles. The Morgan fingerprint density at radius 2 is 1.59 bits per heavy atom. The number of ether oxygens (including phenoxy) is 2. The molecule has 0 heterocycles. The van der Waals surface area contributed by atoms with Gasteiger partial charge in [0.05, 0.1) is 0 Å². The second kappa shape index (κ2) is 21.4. The van der Waals surface area contributed by atoms with Crippen LogP contribution in [-0.2, 0) is 23.9 Å². The molecule has 0 aliphatic heterocycles. The Kier molecular flexibility index (Phi) is 17.6. The van der Waals surface area contributed by atoms with Crippen molar-refractivity contribution in [3.05, 3.63) is 11.6 Å². The average molecular weight is 785 g/mol. The van der Waals surface area contributed by atoms with Crippen LogP contribution in [0.5, 0.6) is 0 Å². The fourth-order valence-electron chi connectivity index (χ4n) is 11.2. The minimum atomic E-state index is -0.612. The summed E-state index contributed by atoms with van der Waals surface area (Å²) in [6.07, 6.45) is 20.1. The predicted octanol–water partition coefficient (Wildman–Crippen LogP) is 8.68. The third kappa shape index (κ3) is 12.7. The molecule has 7 atom stereocenters. The molecule has 4 rings (SSSR count). The Labute approximate surface area is 340 Å². The van der Waals surface area contributed by atoms with Gasteiger partial charge in [-0.15, -0.1) is 0 Å². The SMILES string of the molecule is CNCCCN(CCCCN(CCCNC=O)C(=O)OC(C)(C)C)C(=O)CC(=O)OC1CCC2(C)C(=CCC3C2CCC2(C)C(CCCCC(C)C)CCC32)C1. The number of nitrogens with zero attached hydrogens (tertiary/aromatic N) is 2. The van der Waals surface area contributed by atoms with Crippen molar-refractivity contribution < 1.29 is 28.7 Å². The molecule has 10 heteroatoms. The molecular weight excluding hydrogens is 705 g/mol. The van der Waals surface area contributed by atoms with Crippen molar-refractivity contribution in [3.8, 4) is 0 Å². The number of carbonyl (C=O) groups excluding carboxylic acids is 4. The molecule has 56 heavy (non-hydrogen) atoms. The van der Waals surface area contributed by atoms with Crippen molar-refractivity contribution in [2.45, 2.75) is 169 Å². The van der Waals surface area contributed by atoms with Gasteiger partial charge in [-0.25, -0.2) is 4.79 Å². The van der Waals surface area contributed by atoms with Gasteiger partial charge in [0.2, 0.25) is 12.3 Å². The average Bonchev–Trinajstić information content (AvgIpc) is 3.47. The third-order valence-electron chi connectivity index (χ3n) is 14.2. The van der Waals surface area contributed by atoms with Crippen LogP contribution in [-0.4, -0.2) is 92.2 Å². The highest BCUT2D eigenvalue weighted by Gasteiger charge is 2.58. The van der Waals surface area contributed by atoms with Crippen LogP contribution in [0.2, 0.25) is 0 Å².